The van der Waals surface area contributed by atoms with E-state index in [0.29, 0.717) is 22.6 Å². The third kappa shape index (κ3) is 3.86. The Morgan fingerprint density at radius 1 is 1.21 bits per heavy atom. The number of carbonyl (C=O) groups is 1. The molecule has 1 aromatic heterocycles. The standard InChI is InChI=1S/C21H19BrN4O2S/c1-3-12(4-2)20-25-26-18(23)16(19(27)24-21(26)29-20)11-15-9-10-17(28-15)13-5-7-14(22)8-6-13/h5-12,23H,3-4H2,1-2H3/b16-11+,23-18?. The molecule has 6 nitrogen and oxygen atoms in total. The number of hydrogen-bond acceptors (Lipinski definition) is 5. The summed E-state index contributed by atoms with van der Waals surface area (Å²) in [5.74, 6) is 1.06. The monoisotopic (exact) mass is 470 g/mol. The molecule has 0 spiro atoms. The van der Waals surface area contributed by atoms with E-state index in [1.54, 1.807) is 12.1 Å². The van der Waals surface area contributed by atoms with Gasteiger partial charge in [-0.3, -0.25) is 10.2 Å². The highest BCUT2D eigenvalue weighted by molar-refractivity contribution is 9.10. The molecular weight excluding hydrogens is 452 g/mol. The average molecular weight is 471 g/mol. The first kappa shape index (κ1) is 19.8. The highest BCUT2D eigenvalue weighted by Crippen LogP contribution is 2.33. The van der Waals surface area contributed by atoms with Gasteiger partial charge in [0.15, 0.2) is 5.84 Å². The molecule has 148 valence electrons. The highest BCUT2D eigenvalue weighted by Gasteiger charge is 2.37. The molecule has 29 heavy (non-hydrogen) atoms. The van der Waals surface area contributed by atoms with E-state index in [-0.39, 0.29) is 11.4 Å². The summed E-state index contributed by atoms with van der Waals surface area (Å²) in [6.07, 6.45) is 3.47. The maximum absolute atomic E-state index is 12.5. The zero-order chi connectivity index (χ0) is 20.5. The number of nitrogens with one attached hydrogen (secondary N) is 1. The smallest absolute Gasteiger partial charge is 0.283 e. The SMILES string of the molecule is CCC(CC)C1=NN2C(=N)/C(=C\c3ccc(-c4ccc(Br)cc4)o3)C(=O)N=C2S1. The van der Waals surface area contributed by atoms with Crippen molar-refractivity contribution < 1.29 is 9.21 Å². The summed E-state index contributed by atoms with van der Waals surface area (Å²) < 4.78 is 6.85. The van der Waals surface area contributed by atoms with Gasteiger partial charge in [0.2, 0.25) is 5.17 Å². The largest absolute Gasteiger partial charge is 0.457 e. The van der Waals surface area contributed by atoms with E-state index < -0.39 is 5.91 Å². The topological polar surface area (TPSA) is 82.0 Å². The summed E-state index contributed by atoms with van der Waals surface area (Å²) in [5, 5.41) is 15.8. The number of halogens is 1. The van der Waals surface area contributed by atoms with Crippen LogP contribution in [0.3, 0.4) is 0 Å². The number of amidine groups is 2. The van der Waals surface area contributed by atoms with Crippen LogP contribution in [0.1, 0.15) is 32.4 Å². The third-order valence-corrected chi connectivity index (χ3v) is 6.45. The normalized spacial score (nSPS) is 17.8. The van der Waals surface area contributed by atoms with Crippen LogP contribution < -0.4 is 0 Å². The first-order valence-corrected chi connectivity index (χ1v) is 11.0. The Morgan fingerprint density at radius 3 is 2.62 bits per heavy atom. The Balaban J connectivity index is 1.61. The molecule has 3 heterocycles. The molecule has 2 aliphatic rings. The van der Waals surface area contributed by atoms with E-state index in [4.69, 9.17) is 9.83 Å². The molecule has 2 aliphatic heterocycles. The van der Waals surface area contributed by atoms with Gasteiger partial charge >= 0.3 is 0 Å². The van der Waals surface area contributed by atoms with Crippen molar-refractivity contribution in [3.63, 3.8) is 0 Å². The molecule has 0 saturated heterocycles. The number of fused-ring (bicyclic) bond motifs is 1. The van der Waals surface area contributed by atoms with Crippen molar-refractivity contribution in [1.29, 1.82) is 5.41 Å². The number of furan rings is 1. The molecule has 0 radical (unpaired) electrons. The van der Waals surface area contributed by atoms with E-state index in [0.717, 1.165) is 27.9 Å². The molecule has 0 aliphatic carbocycles. The van der Waals surface area contributed by atoms with Crippen LogP contribution in [0.15, 0.2) is 61.0 Å². The first-order valence-electron chi connectivity index (χ1n) is 9.36. The van der Waals surface area contributed by atoms with E-state index >= 15 is 0 Å². The molecule has 1 amide bonds. The van der Waals surface area contributed by atoms with E-state index in [1.165, 1.54) is 16.8 Å². The van der Waals surface area contributed by atoms with Crippen LogP contribution >= 0.6 is 27.7 Å². The number of amides is 1. The Morgan fingerprint density at radius 2 is 1.93 bits per heavy atom. The molecule has 0 saturated carbocycles. The Hall–Kier alpha value is -2.45. The summed E-state index contributed by atoms with van der Waals surface area (Å²) in [4.78, 5) is 16.7. The van der Waals surface area contributed by atoms with Crippen molar-refractivity contribution in [3.05, 3.63) is 52.2 Å². The van der Waals surface area contributed by atoms with Gasteiger partial charge in [0.1, 0.15) is 16.6 Å². The van der Waals surface area contributed by atoms with Gasteiger partial charge in [0.05, 0.1) is 5.57 Å². The van der Waals surface area contributed by atoms with Crippen LogP contribution in [0, 0.1) is 11.3 Å². The summed E-state index contributed by atoms with van der Waals surface area (Å²) >= 11 is 4.80. The average Bonchev–Trinajstić information content (AvgIpc) is 3.34. The summed E-state index contributed by atoms with van der Waals surface area (Å²) in [5.41, 5.74) is 1.10. The predicted octanol–water partition coefficient (Wildman–Crippen LogP) is 5.76. The second-order valence-electron chi connectivity index (χ2n) is 6.68. The number of carbonyl (C=O) groups excluding carboxylic acids is 1. The van der Waals surface area contributed by atoms with Crippen molar-refractivity contribution in [2.45, 2.75) is 26.7 Å². The maximum atomic E-state index is 12.5. The minimum atomic E-state index is -0.448. The summed E-state index contributed by atoms with van der Waals surface area (Å²) in [6, 6.07) is 11.4. The molecule has 2 aromatic rings. The van der Waals surface area contributed by atoms with Crippen LogP contribution in [0.25, 0.3) is 17.4 Å². The molecule has 1 aromatic carbocycles. The van der Waals surface area contributed by atoms with E-state index in [1.807, 2.05) is 30.3 Å². The lowest BCUT2D eigenvalue weighted by Gasteiger charge is -2.19. The zero-order valence-corrected chi connectivity index (χ0v) is 18.4. The van der Waals surface area contributed by atoms with Crippen LogP contribution in [-0.2, 0) is 4.79 Å². The van der Waals surface area contributed by atoms with Crippen LogP contribution in [-0.4, -0.2) is 27.0 Å². The molecular formula is C21H19BrN4O2S. The van der Waals surface area contributed by atoms with Crippen molar-refractivity contribution >= 4 is 55.7 Å². The lowest BCUT2D eigenvalue weighted by Crippen LogP contribution is -2.35. The number of aliphatic imine (C=N–C) groups is 1. The second-order valence-corrected chi connectivity index (χ2v) is 8.58. The molecule has 0 unspecified atom stereocenters. The van der Waals surface area contributed by atoms with Crippen LogP contribution in [0.2, 0.25) is 0 Å². The van der Waals surface area contributed by atoms with Gasteiger partial charge in [-0.2, -0.15) is 15.1 Å². The van der Waals surface area contributed by atoms with E-state index in [2.05, 4.69) is 39.9 Å². The molecule has 0 atom stereocenters. The summed E-state index contributed by atoms with van der Waals surface area (Å²) in [7, 11) is 0. The predicted molar refractivity (Wildman–Crippen MR) is 121 cm³/mol. The molecule has 0 bridgehead atoms. The zero-order valence-electron chi connectivity index (χ0n) is 16.0. The fourth-order valence-electron chi connectivity index (χ4n) is 3.15. The number of hydrazone groups is 1. The van der Waals surface area contributed by atoms with Gasteiger partial charge in [0, 0.05) is 16.0 Å². The van der Waals surface area contributed by atoms with Gasteiger partial charge in [0.25, 0.3) is 5.91 Å². The molecule has 1 N–H and O–H groups in total. The number of nitrogens with zero attached hydrogens (tertiary/aromatic N) is 3. The Bertz CT molecular complexity index is 1060. The van der Waals surface area contributed by atoms with Crippen LogP contribution in [0.4, 0.5) is 0 Å². The quantitative estimate of drug-likeness (QED) is 0.562. The number of thioether (sulfide) groups is 1. The van der Waals surface area contributed by atoms with Crippen molar-refractivity contribution in [2.75, 3.05) is 0 Å². The van der Waals surface area contributed by atoms with Crippen molar-refractivity contribution in [1.82, 2.24) is 5.01 Å². The van der Waals surface area contributed by atoms with Crippen molar-refractivity contribution in [3.8, 4) is 11.3 Å². The number of hydrogen-bond donors (Lipinski definition) is 1. The van der Waals surface area contributed by atoms with Gasteiger partial charge < -0.3 is 4.42 Å². The fraction of sp³-hybridized carbons (Fsp3) is 0.238. The third-order valence-electron chi connectivity index (χ3n) is 4.85. The van der Waals surface area contributed by atoms with E-state index in [9.17, 15) is 4.79 Å². The molecule has 4 rings (SSSR count). The number of rotatable bonds is 5. The minimum absolute atomic E-state index is 0.0232. The highest BCUT2D eigenvalue weighted by atomic mass is 79.9. The summed E-state index contributed by atoms with van der Waals surface area (Å²) in [6.45, 7) is 4.22. The second kappa shape index (κ2) is 8.12. The van der Waals surface area contributed by atoms with Gasteiger partial charge in [-0.1, -0.05) is 41.9 Å². The number of benzene rings is 1. The Kier molecular flexibility index (Phi) is 5.56. The Labute approximate surface area is 181 Å². The van der Waals surface area contributed by atoms with Gasteiger partial charge in [-0.25, -0.2) is 0 Å². The molecule has 0 fully saturated rings. The van der Waals surface area contributed by atoms with Gasteiger partial charge in [-0.15, -0.1) is 0 Å². The van der Waals surface area contributed by atoms with Gasteiger partial charge in [-0.05, 0) is 54.9 Å². The lowest BCUT2D eigenvalue weighted by molar-refractivity contribution is -0.114. The fourth-order valence-corrected chi connectivity index (χ4v) is 4.57. The van der Waals surface area contributed by atoms with Crippen molar-refractivity contribution in [2.24, 2.45) is 16.0 Å². The first-order chi connectivity index (χ1) is 14.0. The van der Waals surface area contributed by atoms with Crippen LogP contribution in [0.5, 0.6) is 0 Å². The molecule has 8 heteroatoms. The lowest BCUT2D eigenvalue weighted by atomic mass is 10.1. The maximum Gasteiger partial charge on any atom is 0.283 e. The minimum Gasteiger partial charge on any atom is -0.457 e.